The monoisotopic (exact) mass is 204 g/mol. The Labute approximate surface area is 92.1 Å². The fourth-order valence-electron chi connectivity index (χ4n) is 2.55. The van der Waals surface area contributed by atoms with Gasteiger partial charge in [-0.25, -0.2) is 0 Å². The summed E-state index contributed by atoms with van der Waals surface area (Å²) in [5.74, 6) is 0.498. The fraction of sp³-hybridized carbons (Fsp3) is 0.571. The van der Waals surface area contributed by atoms with Crippen molar-refractivity contribution in [2.45, 2.75) is 51.9 Å². The molecule has 0 atom stereocenters. The van der Waals surface area contributed by atoms with E-state index in [0.717, 1.165) is 12.8 Å². The summed E-state index contributed by atoms with van der Waals surface area (Å²) in [4.78, 5) is 0. The Balaban J connectivity index is 2.58. The van der Waals surface area contributed by atoms with Crippen molar-refractivity contribution < 1.29 is 5.11 Å². The van der Waals surface area contributed by atoms with Gasteiger partial charge in [0.2, 0.25) is 0 Å². The molecule has 1 aromatic carbocycles. The molecule has 0 amide bonds. The minimum absolute atomic E-state index is 0.190. The molecule has 0 unspecified atom stereocenters. The van der Waals surface area contributed by atoms with Crippen LogP contribution in [0.4, 0.5) is 0 Å². The molecule has 0 aromatic heterocycles. The van der Waals surface area contributed by atoms with E-state index in [1.54, 1.807) is 0 Å². The summed E-state index contributed by atoms with van der Waals surface area (Å²) in [5.41, 5.74) is 4.22. The summed E-state index contributed by atoms with van der Waals surface area (Å²) in [6.45, 7) is 6.73. The third-order valence-electron chi connectivity index (χ3n) is 3.32. The number of fused-ring (bicyclic) bond motifs is 1. The smallest absolute Gasteiger partial charge is 0.119 e. The van der Waals surface area contributed by atoms with E-state index in [-0.39, 0.29) is 5.41 Å². The van der Waals surface area contributed by atoms with E-state index in [0.29, 0.717) is 5.75 Å². The summed E-state index contributed by atoms with van der Waals surface area (Å²) >= 11 is 0. The Bertz CT molecular complexity index is 372. The molecule has 1 aromatic rings. The largest absolute Gasteiger partial charge is 0.508 e. The van der Waals surface area contributed by atoms with Crippen LogP contribution >= 0.6 is 0 Å². The van der Waals surface area contributed by atoms with Gasteiger partial charge in [-0.1, -0.05) is 26.8 Å². The van der Waals surface area contributed by atoms with E-state index in [4.69, 9.17) is 0 Å². The second-order valence-electron chi connectivity index (χ2n) is 5.55. The van der Waals surface area contributed by atoms with E-state index in [2.05, 4.69) is 26.8 Å². The first-order valence-corrected chi connectivity index (χ1v) is 5.84. The molecule has 0 radical (unpaired) electrons. The van der Waals surface area contributed by atoms with Crippen LogP contribution in [0.3, 0.4) is 0 Å². The number of phenols is 1. The van der Waals surface area contributed by atoms with Crippen LogP contribution in [-0.2, 0) is 18.3 Å². The number of rotatable bonds is 0. The summed E-state index contributed by atoms with van der Waals surface area (Å²) < 4.78 is 0. The van der Waals surface area contributed by atoms with Gasteiger partial charge in [0.05, 0.1) is 0 Å². The number of phenolic OH excluding ortho intramolecular Hbond substituents is 1. The molecule has 15 heavy (non-hydrogen) atoms. The summed E-state index contributed by atoms with van der Waals surface area (Å²) in [7, 11) is 0. The molecule has 0 fully saturated rings. The summed E-state index contributed by atoms with van der Waals surface area (Å²) in [6.07, 6.45) is 4.66. The van der Waals surface area contributed by atoms with E-state index in [1.807, 2.05) is 6.07 Å². The van der Waals surface area contributed by atoms with Gasteiger partial charge in [0, 0.05) is 0 Å². The van der Waals surface area contributed by atoms with Gasteiger partial charge in [-0.15, -0.1) is 0 Å². The number of benzene rings is 1. The molecule has 0 bridgehead atoms. The van der Waals surface area contributed by atoms with Gasteiger partial charge in [0.25, 0.3) is 0 Å². The lowest BCUT2D eigenvalue weighted by Gasteiger charge is -2.28. The third kappa shape index (κ3) is 1.88. The van der Waals surface area contributed by atoms with Crippen molar-refractivity contribution in [3.8, 4) is 5.75 Å². The second-order valence-corrected chi connectivity index (χ2v) is 5.55. The first-order chi connectivity index (χ1) is 7.00. The molecule has 1 N–H and O–H groups in total. The van der Waals surface area contributed by atoms with Crippen LogP contribution in [0.15, 0.2) is 12.1 Å². The Morgan fingerprint density at radius 1 is 1.00 bits per heavy atom. The molecule has 1 aliphatic carbocycles. The highest BCUT2D eigenvalue weighted by atomic mass is 16.3. The van der Waals surface area contributed by atoms with Crippen molar-refractivity contribution in [2.24, 2.45) is 0 Å². The molecule has 0 heterocycles. The van der Waals surface area contributed by atoms with Crippen LogP contribution < -0.4 is 0 Å². The van der Waals surface area contributed by atoms with Gasteiger partial charge < -0.3 is 5.11 Å². The minimum Gasteiger partial charge on any atom is -0.508 e. The van der Waals surface area contributed by atoms with Gasteiger partial charge in [-0.3, -0.25) is 0 Å². The molecular formula is C14H20O. The third-order valence-corrected chi connectivity index (χ3v) is 3.32. The van der Waals surface area contributed by atoms with Crippen molar-refractivity contribution in [3.05, 3.63) is 28.8 Å². The molecular weight excluding hydrogens is 184 g/mol. The molecule has 0 spiro atoms. The first kappa shape index (κ1) is 10.5. The highest BCUT2D eigenvalue weighted by Gasteiger charge is 2.23. The lowest BCUT2D eigenvalue weighted by molar-refractivity contribution is 0.458. The topological polar surface area (TPSA) is 20.2 Å². The van der Waals surface area contributed by atoms with Gasteiger partial charge in [-0.2, -0.15) is 0 Å². The maximum Gasteiger partial charge on any atom is 0.119 e. The Hall–Kier alpha value is -0.980. The molecule has 0 saturated carbocycles. The van der Waals surface area contributed by atoms with Crippen LogP contribution in [0.2, 0.25) is 0 Å². The standard InChI is InChI=1S/C14H20O/c1-14(2,3)12-8-9-13(15)11-7-5-4-6-10(11)12/h8-9,15H,4-7H2,1-3H3. The zero-order chi connectivity index (χ0) is 11.1. The normalized spacial score (nSPS) is 16.2. The van der Waals surface area contributed by atoms with Crippen LogP contribution in [0.1, 0.15) is 50.3 Å². The van der Waals surface area contributed by atoms with E-state index in [1.165, 1.54) is 29.5 Å². The van der Waals surface area contributed by atoms with Crippen molar-refractivity contribution in [1.82, 2.24) is 0 Å². The summed E-state index contributed by atoms with van der Waals surface area (Å²) in [5, 5.41) is 9.85. The Morgan fingerprint density at radius 2 is 1.60 bits per heavy atom. The van der Waals surface area contributed by atoms with Crippen LogP contribution in [0.5, 0.6) is 5.75 Å². The number of aromatic hydroxyl groups is 1. The van der Waals surface area contributed by atoms with Gasteiger partial charge in [-0.05, 0) is 53.9 Å². The second kappa shape index (κ2) is 3.55. The van der Waals surface area contributed by atoms with Crippen LogP contribution in [-0.4, -0.2) is 5.11 Å². The van der Waals surface area contributed by atoms with Gasteiger partial charge >= 0.3 is 0 Å². The highest BCUT2D eigenvalue weighted by molar-refractivity contribution is 5.48. The maximum absolute atomic E-state index is 9.85. The van der Waals surface area contributed by atoms with Crippen LogP contribution in [0.25, 0.3) is 0 Å². The van der Waals surface area contributed by atoms with Crippen LogP contribution in [0, 0.1) is 0 Å². The maximum atomic E-state index is 9.85. The van der Waals surface area contributed by atoms with E-state index >= 15 is 0 Å². The zero-order valence-electron chi connectivity index (χ0n) is 9.93. The fourth-order valence-corrected chi connectivity index (χ4v) is 2.55. The zero-order valence-corrected chi connectivity index (χ0v) is 9.93. The van der Waals surface area contributed by atoms with E-state index in [9.17, 15) is 5.11 Å². The SMILES string of the molecule is CC(C)(C)c1ccc(O)c2c1CCCC2. The minimum atomic E-state index is 0.190. The molecule has 1 aliphatic rings. The molecule has 82 valence electrons. The lowest BCUT2D eigenvalue weighted by atomic mass is 9.78. The number of hydrogen-bond donors (Lipinski definition) is 1. The van der Waals surface area contributed by atoms with Gasteiger partial charge in [0.15, 0.2) is 0 Å². The van der Waals surface area contributed by atoms with Crippen molar-refractivity contribution >= 4 is 0 Å². The Morgan fingerprint density at radius 3 is 2.20 bits per heavy atom. The number of hydrogen-bond acceptors (Lipinski definition) is 1. The van der Waals surface area contributed by atoms with Crippen molar-refractivity contribution in [3.63, 3.8) is 0 Å². The highest BCUT2D eigenvalue weighted by Crippen LogP contribution is 2.36. The molecule has 0 aliphatic heterocycles. The molecule has 1 nitrogen and oxygen atoms in total. The predicted octanol–water partition coefficient (Wildman–Crippen LogP) is 3.57. The average Bonchev–Trinajstić information content (AvgIpc) is 2.17. The quantitative estimate of drug-likeness (QED) is 0.685. The predicted molar refractivity (Wildman–Crippen MR) is 63.4 cm³/mol. The Kier molecular flexibility index (Phi) is 2.49. The lowest BCUT2D eigenvalue weighted by Crippen LogP contribution is -2.17. The van der Waals surface area contributed by atoms with Crippen molar-refractivity contribution in [2.75, 3.05) is 0 Å². The molecule has 0 saturated heterocycles. The van der Waals surface area contributed by atoms with Crippen molar-refractivity contribution in [1.29, 1.82) is 0 Å². The molecule has 2 rings (SSSR count). The average molecular weight is 204 g/mol. The molecule has 1 heteroatoms. The first-order valence-electron chi connectivity index (χ1n) is 5.84. The van der Waals surface area contributed by atoms with E-state index < -0.39 is 0 Å². The van der Waals surface area contributed by atoms with Gasteiger partial charge in [0.1, 0.15) is 5.75 Å². The summed E-state index contributed by atoms with van der Waals surface area (Å²) in [6, 6.07) is 3.96.